The van der Waals surface area contributed by atoms with Crippen LogP contribution in [0, 0.1) is 0 Å². The van der Waals surface area contributed by atoms with Crippen LogP contribution in [0.4, 0.5) is 0 Å². The molecular formula is C28H36O. The summed E-state index contributed by atoms with van der Waals surface area (Å²) in [6, 6.07) is 0. The van der Waals surface area contributed by atoms with Crippen LogP contribution in [0.5, 0.6) is 0 Å². The molecule has 0 bridgehead atoms. The number of hydrogen-bond acceptors (Lipinski definition) is 1. The predicted molar refractivity (Wildman–Crippen MR) is 131 cm³/mol. The van der Waals surface area contributed by atoms with Gasteiger partial charge in [0.2, 0.25) is 0 Å². The van der Waals surface area contributed by atoms with E-state index in [1.165, 1.54) is 16.7 Å². The standard InChI is InChI=1S/C28H36O/c1-8-14-23(2)17-11-19-26(5)20-12-18-24(3)15-9-10-16-25(4)21-13-22-27(6)28(7)29/h8-22H,1-7H3/b10-9+,14-8+,18-12+,19-11+,21-13+,23-17+,24-15+,25-16+,26-20+,27-22+. The van der Waals surface area contributed by atoms with Crippen LogP contribution in [0.1, 0.15) is 48.5 Å². The van der Waals surface area contributed by atoms with Crippen molar-refractivity contribution < 1.29 is 4.79 Å². The average molecular weight is 389 g/mol. The molecule has 0 aliphatic heterocycles. The number of ketones is 1. The van der Waals surface area contributed by atoms with Crippen molar-refractivity contribution in [1.29, 1.82) is 0 Å². The van der Waals surface area contributed by atoms with Gasteiger partial charge in [0.1, 0.15) is 0 Å². The Morgan fingerprint density at radius 1 is 0.483 bits per heavy atom. The van der Waals surface area contributed by atoms with Crippen molar-refractivity contribution >= 4 is 5.78 Å². The first-order valence-electron chi connectivity index (χ1n) is 9.96. The maximum atomic E-state index is 11.1. The lowest BCUT2D eigenvalue weighted by Crippen LogP contribution is -1.89. The highest BCUT2D eigenvalue weighted by atomic mass is 16.1. The molecule has 0 aliphatic rings. The summed E-state index contributed by atoms with van der Waals surface area (Å²) < 4.78 is 0. The summed E-state index contributed by atoms with van der Waals surface area (Å²) >= 11 is 0. The van der Waals surface area contributed by atoms with Crippen LogP contribution in [-0.4, -0.2) is 5.78 Å². The molecule has 0 radical (unpaired) electrons. The van der Waals surface area contributed by atoms with E-state index in [0.29, 0.717) is 0 Å². The average Bonchev–Trinajstić information content (AvgIpc) is 2.65. The van der Waals surface area contributed by atoms with E-state index in [4.69, 9.17) is 0 Å². The molecule has 1 nitrogen and oxygen atoms in total. The van der Waals surface area contributed by atoms with Gasteiger partial charge < -0.3 is 0 Å². The molecular weight excluding hydrogens is 352 g/mol. The first kappa shape index (κ1) is 26.1. The largest absolute Gasteiger partial charge is 0.295 e. The summed E-state index contributed by atoms with van der Waals surface area (Å²) in [7, 11) is 0. The molecule has 0 aromatic rings. The minimum absolute atomic E-state index is 0.0993. The quantitative estimate of drug-likeness (QED) is 0.273. The highest BCUT2D eigenvalue weighted by Gasteiger charge is 1.91. The van der Waals surface area contributed by atoms with Crippen molar-refractivity contribution in [3.8, 4) is 0 Å². The highest BCUT2D eigenvalue weighted by Crippen LogP contribution is 2.03. The third-order valence-electron chi connectivity index (χ3n) is 3.96. The van der Waals surface area contributed by atoms with E-state index in [-0.39, 0.29) is 5.78 Å². The zero-order valence-electron chi connectivity index (χ0n) is 19.1. The topological polar surface area (TPSA) is 17.1 Å². The van der Waals surface area contributed by atoms with E-state index < -0.39 is 0 Å². The van der Waals surface area contributed by atoms with Gasteiger partial charge in [-0.2, -0.15) is 0 Å². The summed E-state index contributed by atoms with van der Waals surface area (Å²) in [5, 5.41) is 0. The maximum absolute atomic E-state index is 11.1. The third-order valence-corrected chi connectivity index (χ3v) is 3.96. The molecule has 0 spiro atoms. The lowest BCUT2D eigenvalue weighted by atomic mass is 10.2. The molecule has 0 atom stereocenters. The van der Waals surface area contributed by atoms with Crippen molar-refractivity contribution in [2.75, 3.05) is 0 Å². The zero-order chi connectivity index (χ0) is 22.1. The van der Waals surface area contributed by atoms with Crippen molar-refractivity contribution in [2.45, 2.75) is 48.5 Å². The minimum atomic E-state index is 0.0993. The molecule has 154 valence electrons. The molecule has 0 saturated heterocycles. The van der Waals surface area contributed by atoms with Gasteiger partial charge in [-0.25, -0.2) is 0 Å². The Kier molecular flexibility index (Phi) is 14.4. The van der Waals surface area contributed by atoms with Crippen LogP contribution < -0.4 is 0 Å². The van der Waals surface area contributed by atoms with Crippen LogP contribution >= 0.6 is 0 Å². The fraction of sp³-hybridized carbons (Fsp3) is 0.250. The number of rotatable bonds is 10. The molecule has 0 amide bonds. The number of allylic oxidation sites excluding steroid dienone is 20. The predicted octanol–water partition coefficient (Wildman–Crippen LogP) is 8.11. The second-order valence-corrected chi connectivity index (χ2v) is 7.01. The zero-order valence-corrected chi connectivity index (χ0v) is 19.1. The number of Topliss-reactive ketones (excluding diaryl/α,β-unsaturated/α-hetero) is 1. The van der Waals surface area contributed by atoms with E-state index >= 15 is 0 Å². The molecule has 0 aromatic carbocycles. The SMILES string of the molecule is C/C=C/C(C)=C/C=C/C(C)=C/C=C/C(C)=C/C=C/C=C(C)/C=C/C=C(\C)C(C)=O. The molecule has 0 unspecified atom stereocenters. The Morgan fingerprint density at radius 2 is 0.828 bits per heavy atom. The Hall–Kier alpha value is -2.93. The van der Waals surface area contributed by atoms with Crippen LogP contribution in [-0.2, 0) is 4.79 Å². The fourth-order valence-electron chi connectivity index (χ4n) is 2.06. The van der Waals surface area contributed by atoms with Gasteiger partial charge in [-0.15, -0.1) is 0 Å². The van der Waals surface area contributed by atoms with E-state index in [9.17, 15) is 4.79 Å². The Bertz CT molecular complexity index is 826. The van der Waals surface area contributed by atoms with Crippen molar-refractivity contribution in [1.82, 2.24) is 0 Å². The summed E-state index contributed by atoms with van der Waals surface area (Å²) in [5.74, 6) is 0.0993. The van der Waals surface area contributed by atoms with E-state index in [1.54, 1.807) is 6.92 Å². The lowest BCUT2D eigenvalue weighted by molar-refractivity contribution is -0.113. The monoisotopic (exact) mass is 388 g/mol. The van der Waals surface area contributed by atoms with Crippen LogP contribution in [0.15, 0.2) is 119 Å². The number of carbonyl (C=O) groups excluding carboxylic acids is 1. The van der Waals surface area contributed by atoms with Crippen LogP contribution in [0.2, 0.25) is 0 Å². The fourth-order valence-corrected chi connectivity index (χ4v) is 2.06. The summed E-state index contributed by atoms with van der Waals surface area (Å²) in [5.41, 5.74) is 5.50. The molecule has 1 heteroatoms. The van der Waals surface area contributed by atoms with Gasteiger partial charge in [0.15, 0.2) is 5.78 Å². The van der Waals surface area contributed by atoms with Crippen LogP contribution in [0.25, 0.3) is 0 Å². The third kappa shape index (κ3) is 15.8. The van der Waals surface area contributed by atoms with Gasteiger partial charge >= 0.3 is 0 Å². The lowest BCUT2D eigenvalue weighted by Gasteiger charge is -1.91. The molecule has 0 fully saturated rings. The smallest absolute Gasteiger partial charge is 0.155 e. The molecule has 0 N–H and O–H groups in total. The van der Waals surface area contributed by atoms with Crippen LogP contribution in [0.3, 0.4) is 0 Å². The van der Waals surface area contributed by atoms with Gasteiger partial charge in [-0.05, 0) is 54.0 Å². The van der Waals surface area contributed by atoms with Crippen molar-refractivity contribution in [2.24, 2.45) is 0 Å². The second-order valence-electron chi connectivity index (χ2n) is 7.01. The minimum Gasteiger partial charge on any atom is -0.295 e. The van der Waals surface area contributed by atoms with Crippen molar-refractivity contribution in [3.05, 3.63) is 119 Å². The van der Waals surface area contributed by atoms with E-state index in [0.717, 1.165) is 11.1 Å². The van der Waals surface area contributed by atoms with Gasteiger partial charge in [0.05, 0.1) is 0 Å². The molecule has 0 heterocycles. The summed E-state index contributed by atoms with van der Waals surface area (Å²) in [6.45, 7) is 13.7. The Morgan fingerprint density at radius 3 is 1.21 bits per heavy atom. The van der Waals surface area contributed by atoms with Gasteiger partial charge in [-0.1, -0.05) is 113 Å². The first-order chi connectivity index (χ1) is 13.8. The first-order valence-corrected chi connectivity index (χ1v) is 9.96. The highest BCUT2D eigenvalue weighted by molar-refractivity contribution is 5.92. The molecule has 0 saturated carbocycles. The van der Waals surface area contributed by atoms with Gasteiger partial charge in [0.25, 0.3) is 0 Å². The molecule has 0 rings (SSSR count). The van der Waals surface area contributed by atoms with Gasteiger partial charge in [0, 0.05) is 0 Å². The Labute approximate surface area is 178 Å². The molecule has 0 aliphatic carbocycles. The summed E-state index contributed by atoms with van der Waals surface area (Å²) in [4.78, 5) is 11.1. The number of carbonyl (C=O) groups is 1. The second kappa shape index (κ2) is 16.1. The normalized spacial score (nSPS) is 15.9. The Balaban J connectivity index is 4.70. The van der Waals surface area contributed by atoms with Crippen molar-refractivity contribution in [3.63, 3.8) is 0 Å². The van der Waals surface area contributed by atoms with Gasteiger partial charge in [-0.3, -0.25) is 4.79 Å². The molecule has 0 aromatic heterocycles. The number of hydrogen-bond donors (Lipinski definition) is 0. The van der Waals surface area contributed by atoms with E-state index in [1.807, 2.05) is 63.3 Å². The molecule has 29 heavy (non-hydrogen) atoms. The maximum Gasteiger partial charge on any atom is 0.155 e. The van der Waals surface area contributed by atoms with E-state index in [2.05, 4.69) is 69.4 Å². The summed E-state index contributed by atoms with van der Waals surface area (Å²) in [6.07, 6.45) is 30.5.